The average Bonchev–Trinajstić information content (AvgIpc) is 3.33. The van der Waals surface area contributed by atoms with Crippen molar-refractivity contribution in [3.05, 3.63) is 59.8 Å². The number of nitrogens with one attached hydrogen (secondary N) is 1. The number of aliphatic hydroxyl groups excluding tert-OH is 3. The number of carbonyl (C=O) groups excluding carboxylic acids is 1. The summed E-state index contributed by atoms with van der Waals surface area (Å²) >= 11 is 0. The lowest BCUT2D eigenvalue weighted by Crippen LogP contribution is -2.60. The van der Waals surface area contributed by atoms with Crippen molar-refractivity contribution >= 4 is 28.4 Å². The Hall–Kier alpha value is -3.68. The van der Waals surface area contributed by atoms with Crippen LogP contribution in [0.4, 0.5) is 5.69 Å². The van der Waals surface area contributed by atoms with Crippen LogP contribution in [-0.4, -0.2) is 76.5 Å². The Labute approximate surface area is 227 Å². The van der Waals surface area contributed by atoms with Gasteiger partial charge >= 0.3 is 0 Å². The zero-order valence-corrected chi connectivity index (χ0v) is 22.0. The number of nitriles is 1. The van der Waals surface area contributed by atoms with E-state index in [9.17, 15) is 25.4 Å². The number of fused-ring (bicyclic) bond motifs is 1. The van der Waals surface area contributed by atoms with E-state index in [-0.39, 0.29) is 12.2 Å². The third kappa shape index (κ3) is 5.56. The van der Waals surface area contributed by atoms with Crippen molar-refractivity contribution in [2.75, 3.05) is 31.2 Å². The quantitative estimate of drug-likeness (QED) is 0.284. The molecule has 2 fully saturated rings. The van der Waals surface area contributed by atoms with Gasteiger partial charge in [-0.05, 0) is 72.0 Å². The fourth-order valence-electron chi connectivity index (χ4n) is 5.42. The fraction of sp³-hybridized carbons (Fsp3) is 0.400. The molecule has 0 radical (unpaired) electrons. The number of rotatable bonds is 6. The number of hydrogen-bond acceptors (Lipinski definition) is 7. The molecule has 0 spiro atoms. The number of amides is 1. The Kier molecular flexibility index (Phi) is 8.00. The van der Waals surface area contributed by atoms with Crippen LogP contribution in [0.3, 0.4) is 0 Å². The first-order chi connectivity index (χ1) is 18.9. The van der Waals surface area contributed by atoms with Crippen molar-refractivity contribution in [3.63, 3.8) is 0 Å². The maximum Gasteiger partial charge on any atom is 0.262 e. The second kappa shape index (κ2) is 11.6. The van der Waals surface area contributed by atoms with Gasteiger partial charge in [0.25, 0.3) is 5.91 Å². The molecule has 9 nitrogen and oxygen atoms in total. The van der Waals surface area contributed by atoms with Crippen LogP contribution < -0.4 is 10.2 Å². The molecule has 1 aromatic heterocycles. The lowest BCUT2D eigenvalue weighted by Gasteiger charge is -2.37. The zero-order valence-electron chi connectivity index (χ0n) is 22.0. The van der Waals surface area contributed by atoms with Crippen molar-refractivity contribution in [2.24, 2.45) is 7.05 Å². The van der Waals surface area contributed by atoms with Gasteiger partial charge in [-0.15, -0.1) is 0 Å². The van der Waals surface area contributed by atoms with E-state index >= 15 is 0 Å². The van der Waals surface area contributed by atoms with Gasteiger partial charge in [0.05, 0.1) is 19.3 Å². The summed E-state index contributed by atoms with van der Waals surface area (Å²) in [6.45, 7) is 1.67. The van der Waals surface area contributed by atoms with E-state index in [1.807, 2.05) is 29.8 Å². The molecule has 9 heteroatoms. The summed E-state index contributed by atoms with van der Waals surface area (Å²) in [5, 5.41) is 44.1. The SMILES string of the molecule is Cn1c(/C=C(\C#N)C(=O)N[C@H]2CO[C@H](CO)[C@@H](O)[C@@H]2O)ccc1-c1ccc2cc(N3CCCCC3)ccc2c1. The van der Waals surface area contributed by atoms with Crippen LogP contribution in [0.1, 0.15) is 25.0 Å². The highest BCUT2D eigenvalue weighted by Crippen LogP contribution is 2.30. The number of piperidine rings is 1. The first-order valence-corrected chi connectivity index (χ1v) is 13.4. The van der Waals surface area contributed by atoms with Gasteiger partial charge in [0.1, 0.15) is 30.0 Å². The molecule has 0 saturated carbocycles. The van der Waals surface area contributed by atoms with Gasteiger partial charge in [0, 0.05) is 37.2 Å². The summed E-state index contributed by atoms with van der Waals surface area (Å²) in [7, 11) is 1.88. The topological polar surface area (TPSA) is 131 Å². The minimum atomic E-state index is -1.35. The van der Waals surface area contributed by atoms with Gasteiger partial charge in [-0.2, -0.15) is 5.26 Å². The predicted molar refractivity (Wildman–Crippen MR) is 149 cm³/mol. The molecule has 2 aromatic carbocycles. The van der Waals surface area contributed by atoms with Crippen LogP contribution in [-0.2, 0) is 16.6 Å². The van der Waals surface area contributed by atoms with E-state index in [2.05, 4.69) is 46.6 Å². The number of carbonyl (C=O) groups is 1. The number of nitrogens with zero attached hydrogens (tertiary/aromatic N) is 3. The van der Waals surface area contributed by atoms with E-state index in [1.54, 1.807) is 0 Å². The molecule has 3 heterocycles. The van der Waals surface area contributed by atoms with E-state index in [4.69, 9.17) is 4.74 Å². The Morgan fingerprint density at radius 2 is 1.82 bits per heavy atom. The molecular formula is C30H34N4O5. The monoisotopic (exact) mass is 530 g/mol. The highest BCUT2D eigenvalue weighted by Gasteiger charge is 2.39. The van der Waals surface area contributed by atoms with Crippen molar-refractivity contribution in [1.29, 1.82) is 5.26 Å². The Balaban J connectivity index is 1.33. The predicted octanol–water partition coefficient (Wildman–Crippen LogP) is 2.34. The fourth-order valence-corrected chi connectivity index (χ4v) is 5.42. The molecule has 2 aliphatic heterocycles. The molecule has 3 aromatic rings. The van der Waals surface area contributed by atoms with E-state index < -0.39 is 36.9 Å². The minimum absolute atomic E-state index is 0.0936. The molecule has 0 unspecified atom stereocenters. The Morgan fingerprint density at radius 1 is 1.08 bits per heavy atom. The lowest BCUT2D eigenvalue weighted by atomic mass is 9.98. The molecule has 4 atom stereocenters. The van der Waals surface area contributed by atoms with Gasteiger partial charge < -0.3 is 34.8 Å². The number of aliphatic hydroxyl groups is 3. The van der Waals surface area contributed by atoms with Crippen molar-refractivity contribution in [2.45, 2.75) is 43.6 Å². The van der Waals surface area contributed by atoms with Crippen LogP contribution in [0.15, 0.2) is 54.1 Å². The molecule has 5 rings (SSSR count). The van der Waals surface area contributed by atoms with Gasteiger partial charge in [-0.25, -0.2) is 0 Å². The van der Waals surface area contributed by atoms with E-state index in [0.717, 1.165) is 29.7 Å². The van der Waals surface area contributed by atoms with Gasteiger partial charge in [-0.3, -0.25) is 4.79 Å². The maximum atomic E-state index is 12.8. The molecule has 2 aliphatic rings. The minimum Gasteiger partial charge on any atom is -0.394 e. The number of hydrogen-bond donors (Lipinski definition) is 4. The van der Waals surface area contributed by atoms with Crippen molar-refractivity contribution in [1.82, 2.24) is 9.88 Å². The standard InChI is InChI=1S/C30H34N4O5/c1-33-23(15-22(16-31)30(38)32-25-18-39-27(17-35)29(37)28(25)36)9-10-26(33)21-6-5-20-14-24(8-7-19(20)13-21)34-11-3-2-4-12-34/h5-10,13-15,25,27-29,35-37H,2-4,11-12,17-18H2,1H3,(H,32,38)/b22-15+/t25-,27+,28+,29+/m0/s1. The maximum absolute atomic E-state index is 12.8. The largest absolute Gasteiger partial charge is 0.394 e. The summed E-state index contributed by atoms with van der Waals surface area (Å²) in [6.07, 6.45) is 1.67. The second-order valence-corrected chi connectivity index (χ2v) is 10.3. The molecule has 204 valence electrons. The third-order valence-corrected chi connectivity index (χ3v) is 7.79. The number of aromatic nitrogens is 1. The molecule has 0 aliphatic carbocycles. The van der Waals surface area contributed by atoms with E-state index in [0.29, 0.717) is 5.69 Å². The normalized spacial score (nSPS) is 24.0. The second-order valence-electron chi connectivity index (χ2n) is 10.3. The molecule has 0 bridgehead atoms. The lowest BCUT2D eigenvalue weighted by molar-refractivity contribution is -0.163. The summed E-state index contributed by atoms with van der Waals surface area (Å²) in [4.78, 5) is 15.3. The van der Waals surface area contributed by atoms with Crippen LogP contribution in [0, 0.1) is 11.3 Å². The summed E-state index contributed by atoms with van der Waals surface area (Å²) in [6, 6.07) is 17.8. The summed E-state index contributed by atoms with van der Waals surface area (Å²) < 4.78 is 7.23. The number of ether oxygens (including phenoxy) is 1. The van der Waals surface area contributed by atoms with Crippen LogP contribution >= 0.6 is 0 Å². The van der Waals surface area contributed by atoms with E-state index in [1.165, 1.54) is 36.4 Å². The smallest absolute Gasteiger partial charge is 0.262 e. The molecule has 39 heavy (non-hydrogen) atoms. The van der Waals surface area contributed by atoms with Crippen molar-refractivity contribution < 1.29 is 24.9 Å². The molecular weight excluding hydrogens is 496 g/mol. The summed E-state index contributed by atoms with van der Waals surface area (Å²) in [5.74, 6) is -0.683. The number of benzene rings is 2. The highest BCUT2D eigenvalue weighted by molar-refractivity contribution is 6.02. The first-order valence-electron chi connectivity index (χ1n) is 13.4. The highest BCUT2D eigenvalue weighted by atomic mass is 16.5. The first kappa shape index (κ1) is 26.9. The number of anilines is 1. The zero-order chi connectivity index (χ0) is 27.5. The molecule has 1 amide bonds. The van der Waals surface area contributed by atoms with Gasteiger partial charge in [0.15, 0.2) is 0 Å². The Bertz CT molecular complexity index is 1420. The van der Waals surface area contributed by atoms with Crippen LogP contribution in [0.5, 0.6) is 0 Å². The van der Waals surface area contributed by atoms with Gasteiger partial charge in [0.2, 0.25) is 0 Å². The molecule has 4 N–H and O–H groups in total. The Morgan fingerprint density at radius 3 is 2.56 bits per heavy atom. The summed E-state index contributed by atoms with van der Waals surface area (Å²) in [5.41, 5.74) is 3.75. The molecule has 2 saturated heterocycles. The van der Waals surface area contributed by atoms with Crippen LogP contribution in [0.2, 0.25) is 0 Å². The van der Waals surface area contributed by atoms with Gasteiger partial charge in [-0.1, -0.05) is 18.2 Å². The average molecular weight is 531 g/mol. The van der Waals surface area contributed by atoms with Crippen LogP contribution in [0.25, 0.3) is 28.1 Å². The van der Waals surface area contributed by atoms with Crippen molar-refractivity contribution in [3.8, 4) is 17.3 Å². The third-order valence-electron chi connectivity index (χ3n) is 7.79.